The van der Waals surface area contributed by atoms with Gasteiger partial charge in [-0.05, 0) is 36.6 Å². The highest BCUT2D eigenvalue weighted by Gasteiger charge is 2.25. The van der Waals surface area contributed by atoms with Crippen LogP contribution < -0.4 is 0 Å². The van der Waals surface area contributed by atoms with E-state index in [9.17, 15) is 0 Å². The zero-order valence-electron chi connectivity index (χ0n) is 21.1. The summed E-state index contributed by atoms with van der Waals surface area (Å²) in [6.45, 7) is 1.98. The van der Waals surface area contributed by atoms with Crippen molar-refractivity contribution in [2.24, 2.45) is 0 Å². The Balaban J connectivity index is 1.27. The molecule has 1 saturated heterocycles. The number of furan rings is 1. The number of hydrogen-bond acceptors (Lipinski definition) is 6. The summed E-state index contributed by atoms with van der Waals surface area (Å²) in [4.78, 5) is 16.6. The summed E-state index contributed by atoms with van der Waals surface area (Å²) in [5.41, 5.74) is 5.71. The van der Waals surface area contributed by atoms with E-state index in [0.717, 1.165) is 65.2 Å². The average molecular weight is 501 g/mol. The van der Waals surface area contributed by atoms with Gasteiger partial charge in [-0.3, -0.25) is 9.88 Å². The van der Waals surface area contributed by atoms with Gasteiger partial charge in [-0.15, -0.1) is 5.10 Å². The number of fused-ring (bicyclic) bond motifs is 3. The summed E-state index contributed by atoms with van der Waals surface area (Å²) in [7, 11) is 0. The second kappa shape index (κ2) is 9.84. The Morgan fingerprint density at radius 2 is 1.71 bits per heavy atom. The quantitative estimate of drug-likeness (QED) is 0.265. The molecule has 2 aromatic carbocycles. The molecule has 1 fully saturated rings. The van der Waals surface area contributed by atoms with Gasteiger partial charge in [0.25, 0.3) is 0 Å². The third kappa shape index (κ3) is 4.15. The lowest BCUT2D eigenvalue weighted by Crippen LogP contribution is -2.35. The van der Waals surface area contributed by atoms with Gasteiger partial charge in [-0.2, -0.15) is 0 Å². The maximum atomic E-state index is 6.37. The minimum Gasteiger partial charge on any atom is -0.437 e. The maximum absolute atomic E-state index is 6.37. The van der Waals surface area contributed by atoms with Gasteiger partial charge in [-0.1, -0.05) is 73.2 Å². The molecular formula is C31H28N6O. The Hall–Kier alpha value is -4.36. The highest BCUT2D eigenvalue weighted by molar-refractivity contribution is 6.07. The van der Waals surface area contributed by atoms with Crippen LogP contribution in [0.4, 0.5) is 0 Å². The van der Waals surface area contributed by atoms with Crippen LogP contribution >= 0.6 is 0 Å². The molecule has 0 bridgehead atoms. The summed E-state index contributed by atoms with van der Waals surface area (Å²) in [5.74, 6) is 1.61. The SMILES string of the molecule is c1ccc(-c2oc3ncn4nc(CCN5CCCC[C@@H]5c5cccnc5)nc4c3c2-c2ccccc2)cc1. The lowest BCUT2D eigenvalue weighted by Gasteiger charge is -2.35. The Bertz CT molecular complexity index is 1680. The average Bonchev–Trinajstić information content (AvgIpc) is 3.59. The molecule has 0 N–H and O–H groups in total. The number of likely N-dealkylation sites (tertiary alicyclic amines) is 1. The molecule has 7 nitrogen and oxygen atoms in total. The molecule has 1 aliphatic heterocycles. The van der Waals surface area contributed by atoms with Crippen molar-refractivity contribution in [2.45, 2.75) is 31.7 Å². The summed E-state index contributed by atoms with van der Waals surface area (Å²) >= 11 is 0. The Labute approximate surface area is 220 Å². The van der Waals surface area contributed by atoms with Crippen LogP contribution in [-0.4, -0.2) is 42.6 Å². The molecule has 0 saturated carbocycles. The Morgan fingerprint density at radius 3 is 2.50 bits per heavy atom. The number of piperidine rings is 1. The van der Waals surface area contributed by atoms with Gasteiger partial charge in [0, 0.05) is 42.5 Å². The first kappa shape index (κ1) is 22.8. The molecule has 7 heteroatoms. The minimum atomic E-state index is 0.398. The van der Waals surface area contributed by atoms with Crippen LogP contribution in [0, 0.1) is 0 Å². The van der Waals surface area contributed by atoms with Gasteiger partial charge in [0.15, 0.2) is 11.5 Å². The summed E-state index contributed by atoms with van der Waals surface area (Å²) in [5, 5.41) is 5.72. The van der Waals surface area contributed by atoms with Crippen molar-refractivity contribution >= 4 is 16.7 Å². The van der Waals surface area contributed by atoms with E-state index in [0.29, 0.717) is 11.8 Å². The van der Waals surface area contributed by atoms with Crippen molar-refractivity contribution in [1.29, 1.82) is 0 Å². The zero-order chi connectivity index (χ0) is 25.3. The first-order valence-electron chi connectivity index (χ1n) is 13.3. The number of aromatic nitrogens is 5. The number of pyridine rings is 1. The standard InChI is InChI=1S/C31H28N6O/c1-3-10-22(11-4-1)27-28-30-34-26(16-19-36-18-8-7-15-25(36)24-14-9-17-32-20-24)35-37(30)21-33-31(28)38-29(27)23-12-5-2-6-13-23/h1-6,9-14,17,20-21,25H,7-8,15-16,18-19H2/t25-/m1/s1. The van der Waals surface area contributed by atoms with Crippen molar-refractivity contribution in [2.75, 3.05) is 13.1 Å². The second-order valence-electron chi connectivity index (χ2n) is 9.84. The van der Waals surface area contributed by atoms with Crippen molar-refractivity contribution in [3.63, 3.8) is 0 Å². The molecular weight excluding hydrogens is 472 g/mol. The minimum absolute atomic E-state index is 0.398. The van der Waals surface area contributed by atoms with Gasteiger partial charge in [0.2, 0.25) is 5.71 Å². The molecule has 7 rings (SSSR count). The van der Waals surface area contributed by atoms with Crippen LogP contribution in [-0.2, 0) is 6.42 Å². The lowest BCUT2D eigenvalue weighted by atomic mass is 9.96. The molecule has 38 heavy (non-hydrogen) atoms. The normalized spacial score (nSPS) is 16.4. The van der Waals surface area contributed by atoms with Gasteiger partial charge >= 0.3 is 0 Å². The van der Waals surface area contributed by atoms with Crippen LogP contribution in [0.5, 0.6) is 0 Å². The largest absolute Gasteiger partial charge is 0.437 e. The topological polar surface area (TPSA) is 72.3 Å². The van der Waals surface area contributed by atoms with Crippen LogP contribution in [0.1, 0.15) is 36.7 Å². The van der Waals surface area contributed by atoms with Crippen LogP contribution in [0.15, 0.2) is 95.9 Å². The van der Waals surface area contributed by atoms with E-state index in [-0.39, 0.29) is 0 Å². The molecule has 5 heterocycles. The van der Waals surface area contributed by atoms with E-state index in [2.05, 4.69) is 45.2 Å². The van der Waals surface area contributed by atoms with Crippen molar-refractivity contribution in [3.8, 4) is 22.5 Å². The molecule has 0 aliphatic carbocycles. The summed E-state index contributed by atoms with van der Waals surface area (Å²) in [6, 6.07) is 25.1. The third-order valence-electron chi connectivity index (χ3n) is 7.48. The van der Waals surface area contributed by atoms with Crippen LogP contribution in [0.25, 0.3) is 39.2 Å². The van der Waals surface area contributed by atoms with E-state index < -0.39 is 0 Å². The maximum Gasteiger partial charge on any atom is 0.232 e. The summed E-state index contributed by atoms with van der Waals surface area (Å²) < 4.78 is 8.16. The summed E-state index contributed by atoms with van der Waals surface area (Å²) in [6.07, 6.45) is 9.95. The fourth-order valence-corrected chi connectivity index (χ4v) is 5.67. The zero-order valence-corrected chi connectivity index (χ0v) is 21.1. The van der Waals surface area contributed by atoms with Crippen molar-refractivity contribution in [3.05, 3.63) is 103 Å². The number of benzene rings is 2. The Morgan fingerprint density at radius 1 is 0.895 bits per heavy atom. The third-order valence-corrected chi connectivity index (χ3v) is 7.48. The fraction of sp³-hybridized carbons (Fsp3) is 0.226. The van der Waals surface area contributed by atoms with Crippen LogP contribution in [0.3, 0.4) is 0 Å². The predicted molar refractivity (Wildman–Crippen MR) is 148 cm³/mol. The highest BCUT2D eigenvalue weighted by atomic mass is 16.3. The number of hydrogen-bond donors (Lipinski definition) is 0. The van der Waals surface area contributed by atoms with Gasteiger partial charge in [-0.25, -0.2) is 14.5 Å². The molecule has 0 amide bonds. The van der Waals surface area contributed by atoms with E-state index in [4.69, 9.17) is 14.5 Å². The second-order valence-corrected chi connectivity index (χ2v) is 9.84. The van der Waals surface area contributed by atoms with Gasteiger partial charge in [0.1, 0.15) is 12.1 Å². The van der Waals surface area contributed by atoms with E-state index in [1.165, 1.54) is 18.4 Å². The lowest BCUT2D eigenvalue weighted by molar-refractivity contribution is 0.149. The monoisotopic (exact) mass is 500 g/mol. The molecule has 0 radical (unpaired) electrons. The first-order valence-corrected chi connectivity index (χ1v) is 13.3. The fourth-order valence-electron chi connectivity index (χ4n) is 5.67. The number of rotatable bonds is 6. The van der Waals surface area contributed by atoms with Gasteiger partial charge in [0.05, 0.1) is 5.39 Å². The first-order chi connectivity index (χ1) is 18.8. The Kier molecular flexibility index (Phi) is 5.90. The van der Waals surface area contributed by atoms with Crippen molar-refractivity contribution < 1.29 is 4.42 Å². The molecule has 0 unspecified atom stereocenters. The van der Waals surface area contributed by atoms with Gasteiger partial charge < -0.3 is 4.42 Å². The molecule has 4 aromatic heterocycles. The van der Waals surface area contributed by atoms with E-state index in [1.807, 2.05) is 54.9 Å². The van der Waals surface area contributed by atoms with Crippen molar-refractivity contribution in [1.82, 2.24) is 29.5 Å². The molecule has 1 aliphatic rings. The van der Waals surface area contributed by atoms with E-state index in [1.54, 1.807) is 10.8 Å². The molecule has 1 atom stereocenters. The predicted octanol–water partition coefficient (Wildman–Crippen LogP) is 6.37. The molecule has 6 aromatic rings. The molecule has 0 spiro atoms. The van der Waals surface area contributed by atoms with E-state index >= 15 is 0 Å². The highest BCUT2D eigenvalue weighted by Crippen LogP contribution is 2.41. The number of nitrogens with zero attached hydrogens (tertiary/aromatic N) is 6. The smallest absolute Gasteiger partial charge is 0.232 e. The molecule has 188 valence electrons. The van der Waals surface area contributed by atoms with Crippen LogP contribution in [0.2, 0.25) is 0 Å².